The first-order chi connectivity index (χ1) is 11.0. The first kappa shape index (κ1) is 16.8. The quantitative estimate of drug-likeness (QED) is 0.784. The standard InChI is InChI=1S/C19H32N2O2/c1-13-7-9-17(10-8-13)20-12-16(11-18(20)22)19(23)21-14(2)5-4-6-15(21)3/h13-17H,4-12H2,1-3H3. The lowest BCUT2D eigenvalue weighted by Crippen LogP contribution is -2.50. The highest BCUT2D eigenvalue weighted by atomic mass is 16.2. The molecule has 3 fully saturated rings. The molecule has 4 nitrogen and oxygen atoms in total. The van der Waals surface area contributed by atoms with Crippen molar-refractivity contribution in [3.8, 4) is 0 Å². The van der Waals surface area contributed by atoms with Crippen LogP contribution in [0.15, 0.2) is 0 Å². The van der Waals surface area contributed by atoms with Gasteiger partial charge in [0.25, 0.3) is 0 Å². The number of piperidine rings is 1. The number of hydrogen-bond donors (Lipinski definition) is 0. The zero-order valence-corrected chi connectivity index (χ0v) is 15.0. The van der Waals surface area contributed by atoms with Crippen LogP contribution >= 0.6 is 0 Å². The third kappa shape index (κ3) is 3.41. The maximum atomic E-state index is 13.0. The predicted octanol–water partition coefficient (Wildman–Crippen LogP) is 3.20. The van der Waals surface area contributed by atoms with Gasteiger partial charge in [0, 0.05) is 31.1 Å². The monoisotopic (exact) mass is 320 g/mol. The van der Waals surface area contributed by atoms with Crippen LogP contribution in [0.3, 0.4) is 0 Å². The van der Waals surface area contributed by atoms with Crippen LogP contribution in [0.4, 0.5) is 0 Å². The summed E-state index contributed by atoms with van der Waals surface area (Å²) in [5, 5.41) is 0. The summed E-state index contributed by atoms with van der Waals surface area (Å²) in [5.41, 5.74) is 0. The summed E-state index contributed by atoms with van der Waals surface area (Å²) in [7, 11) is 0. The SMILES string of the molecule is CC1CCC(N2CC(C(=O)N3C(C)CCCC3C)CC2=O)CC1. The minimum atomic E-state index is -0.107. The number of rotatable bonds is 2. The summed E-state index contributed by atoms with van der Waals surface area (Å²) in [6.07, 6.45) is 8.50. The lowest BCUT2D eigenvalue weighted by molar-refractivity contribution is -0.141. The third-order valence-electron chi connectivity index (χ3n) is 6.38. The Bertz CT molecular complexity index is 446. The van der Waals surface area contributed by atoms with Crippen LogP contribution < -0.4 is 0 Å². The predicted molar refractivity (Wildman–Crippen MR) is 90.9 cm³/mol. The molecule has 0 aromatic heterocycles. The molecule has 2 heterocycles. The van der Waals surface area contributed by atoms with Gasteiger partial charge in [-0.1, -0.05) is 6.92 Å². The highest BCUT2D eigenvalue weighted by molar-refractivity contribution is 5.89. The first-order valence-electron chi connectivity index (χ1n) is 9.59. The van der Waals surface area contributed by atoms with Crippen molar-refractivity contribution >= 4 is 11.8 Å². The Morgan fingerprint density at radius 1 is 0.957 bits per heavy atom. The van der Waals surface area contributed by atoms with Crippen molar-refractivity contribution in [1.82, 2.24) is 9.80 Å². The summed E-state index contributed by atoms with van der Waals surface area (Å²) in [6.45, 7) is 7.27. The number of nitrogens with zero attached hydrogens (tertiary/aromatic N) is 2. The van der Waals surface area contributed by atoms with Crippen LogP contribution in [-0.4, -0.2) is 46.3 Å². The Labute approximate surface area is 140 Å². The van der Waals surface area contributed by atoms with Gasteiger partial charge in [0.2, 0.25) is 11.8 Å². The molecule has 3 aliphatic rings. The topological polar surface area (TPSA) is 40.6 Å². The van der Waals surface area contributed by atoms with Gasteiger partial charge < -0.3 is 9.80 Å². The number of carbonyl (C=O) groups excluding carboxylic acids is 2. The Kier molecular flexibility index (Phi) is 4.98. The van der Waals surface area contributed by atoms with Gasteiger partial charge in [0.1, 0.15) is 0 Å². The third-order valence-corrected chi connectivity index (χ3v) is 6.38. The molecule has 0 bridgehead atoms. The van der Waals surface area contributed by atoms with Crippen molar-refractivity contribution < 1.29 is 9.59 Å². The molecule has 0 N–H and O–H groups in total. The van der Waals surface area contributed by atoms with E-state index in [0.29, 0.717) is 31.1 Å². The molecule has 3 unspecified atom stereocenters. The lowest BCUT2D eigenvalue weighted by Gasteiger charge is -2.40. The largest absolute Gasteiger partial charge is 0.339 e. The zero-order chi connectivity index (χ0) is 16.6. The first-order valence-corrected chi connectivity index (χ1v) is 9.59. The second kappa shape index (κ2) is 6.82. The van der Waals surface area contributed by atoms with Crippen LogP contribution in [0.5, 0.6) is 0 Å². The average molecular weight is 320 g/mol. The number of carbonyl (C=O) groups is 2. The fourth-order valence-electron chi connectivity index (χ4n) is 4.87. The van der Waals surface area contributed by atoms with Crippen molar-refractivity contribution in [2.24, 2.45) is 11.8 Å². The van der Waals surface area contributed by atoms with Gasteiger partial charge in [-0.25, -0.2) is 0 Å². The molecule has 3 atom stereocenters. The molecule has 0 aromatic carbocycles. The number of likely N-dealkylation sites (tertiary alicyclic amines) is 2. The molecule has 2 saturated heterocycles. The van der Waals surface area contributed by atoms with Crippen LogP contribution in [0, 0.1) is 11.8 Å². The van der Waals surface area contributed by atoms with Crippen LogP contribution in [0.2, 0.25) is 0 Å². The second-order valence-corrected chi connectivity index (χ2v) is 8.24. The van der Waals surface area contributed by atoms with Crippen LogP contribution in [0.25, 0.3) is 0 Å². The molecule has 1 saturated carbocycles. The Morgan fingerprint density at radius 3 is 2.17 bits per heavy atom. The Hall–Kier alpha value is -1.06. The van der Waals surface area contributed by atoms with E-state index in [0.717, 1.165) is 31.6 Å². The lowest BCUT2D eigenvalue weighted by atomic mass is 9.86. The maximum absolute atomic E-state index is 13.0. The van der Waals surface area contributed by atoms with E-state index in [9.17, 15) is 9.59 Å². The highest BCUT2D eigenvalue weighted by Gasteiger charge is 2.42. The zero-order valence-electron chi connectivity index (χ0n) is 15.0. The van der Waals surface area contributed by atoms with E-state index in [4.69, 9.17) is 0 Å². The Morgan fingerprint density at radius 2 is 1.57 bits per heavy atom. The van der Waals surface area contributed by atoms with Gasteiger partial charge >= 0.3 is 0 Å². The van der Waals surface area contributed by atoms with E-state index >= 15 is 0 Å². The molecule has 130 valence electrons. The molecule has 2 amide bonds. The molecule has 0 aromatic rings. The van der Waals surface area contributed by atoms with Crippen LogP contribution in [-0.2, 0) is 9.59 Å². The number of amides is 2. The van der Waals surface area contributed by atoms with E-state index in [-0.39, 0.29) is 17.7 Å². The van der Waals surface area contributed by atoms with Gasteiger partial charge in [0.05, 0.1) is 5.92 Å². The molecular weight excluding hydrogens is 288 g/mol. The fourth-order valence-corrected chi connectivity index (χ4v) is 4.87. The van der Waals surface area contributed by atoms with E-state index in [2.05, 4.69) is 25.7 Å². The molecular formula is C19H32N2O2. The van der Waals surface area contributed by atoms with Gasteiger partial charge in [-0.2, -0.15) is 0 Å². The molecule has 1 aliphatic carbocycles. The smallest absolute Gasteiger partial charge is 0.228 e. The van der Waals surface area contributed by atoms with Crippen molar-refractivity contribution in [1.29, 1.82) is 0 Å². The summed E-state index contributed by atoms with van der Waals surface area (Å²) in [6, 6.07) is 1.03. The minimum Gasteiger partial charge on any atom is -0.339 e. The summed E-state index contributed by atoms with van der Waals surface area (Å²) in [5.74, 6) is 1.12. The van der Waals surface area contributed by atoms with Gasteiger partial charge in [-0.15, -0.1) is 0 Å². The van der Waals surface area contributed by atoms with E-state index in [1.165, 1.54) is 19.3 Å². The fraction of sp³-hybridized carbons (Fsp3) is 0.895. The van der Waals surface area contributed by atoms with E-state index in [1.54, 1.807) is 0 Å². The summed E-state index contributed by atoms with van der Waals surface area (Å²) in [4.78, 5) is 29.6. The molecule has 3 rings (SSSR count). The van der Waals surface area contributed by atoms with Crippen molar-refractivity contribution in [2.75, 3.05) is 6.54 Å². The molecule has 4 heteroatoms. The van der Waals surface area contributed by atoms with Crippen LogP contribution in [0.1, 0.15) is 72.1 Å². The van der Waals surface area contributed by atoms with Crippen molar-refractivity contribution in [2.45, 2.75) is 90.3 Å². The molecule has 2 aliphatic heterocycles. The number of hydrogen-bond acceptors (Lipinski definition) is 2. The maximum Gasteiger partial charge on any atom is 0.228 e. The van der Waals surface area contributed by atoms with Crippen molar-refractivity contribution in [3.63, 3.8) is 0 Å². The van der Waals surface area contributed by atoms with Gasteiger partial charge in [0.15, 0.2) is 0 Å². The van der Waals surface area contributed by atoms with E-state index in [1.807, 2.05) is 4.90 Å². The van der Waals surface area contributed by atoms with Crippen molar-refractivity contribution in [3.05, 3.63) is 0 Å². The minimum absolute atomic E-state index is 0.107. The van der Waals surface area contributed by atoms with Gasteiger partial charge in [-0.05, 0) is 64.7 Å². The second-order valence-electron chi connectivity index (χ2n) is 8.24. The summed E-state index contributed by atoms with van der Waals surface area (Å²) < 4.78 is 0. The van der Waals surface area contributed by atoms with Gasteiger partial charge in [-0.3, -0.25) is 9.59 Å². The summed E-state index contributed by atoms with van der Waals surface area (Å²) >= 11 is 0. The molecule has 0 spiro atoms. The highest BCUT2D eigenvalue weighted by Crippen LogP contribution is 2.33. The van der Waals surface area contributed by atoms with E-state index < -0.39 is 0 Å². The molecule has 23 heavy (non-hydrogen) atoms. The normalized spacial score (nSPS) is 38.9. The molecule has 0 radical (unpaired) electrons. The Balaban J connectivity index is 1.63. The average Bonchev–Trinajstić information content (AvgIpc) is 2.90.